The number of halogens is 1. The Morgan fingerprint density at radius 3 is 2.67 bits per heavy atom. The first-order valence-electron chi connectivity index (χ1n) is 3.93. The zero-order valence-corrected chi connectivity index (χ0v) is 7.89. The van der Waals surface area contributed by atoms with E-state index in [9.17, 15) is 0 Å². The molecule has 1 nitrogen and oxygen atoms in total. The maximum absolute atomic E-state index is 6.13. The molecule has 0 saturated carbocycles. The normalized spacial score (nSPS) is 10.9. The molecule has 62 valence electrons. The molecule has 0 N–H and O–H groups in total. The molecule has 0 amide bonds. The molecule has 0 fully saturated rings. The maximum atomic E-state index is 6.13. The Balaban J connectivity index is 2.99. The third kappa shape index (κ3) is 0.864. The van der Waals surface area contributed by atoms with E-state index in [0.717, 1.165) is 10.5 Å². The zero-order chi connectivity index (χ0) is 8.72. The first kappa shape index (κ1) is 7.69. The molecule has 2 heterocycles. The van der Waals surface area contributed by atoms with Gasteiger partial charge in [-0.3, -0.25) is 0 Å². The second kappa shape index (κ2) is 2.53. The van der Waals surface area contributed by atoms with Crippen molar-refractivity contribution in [2.45, 2.75) is 13.8 Å². The van der Waals surface area contributed by atoms with E-state index in [0.29, 0.717) is 0 Å². The molecule has 0 spiro atoms. The van der Waals surface area contributed by atoms with Crippen LogP contribution in [0, 0.1) is 13.8 Å². The Hall–Kier alpha value is -0.950. The minimum absolute atomic E-state index is 0.869. The summed E-state index contributed by atoms with van der Waals surface area (Å²) in [5, 5.41) is 0.869. The fourth-order valence-electron chi connectivity index (χ4n) is 1.45. The second-order valence-electron chi connectivity index (χ2n) is 2.98. The predicted octanol–water partition coefficient (Wildman–Crippen LogP) is 3.21. The molecule has 2 aromatic heterocycles. The first-order valence-corrected chi connectivity index (χ1v) is 4.31. The van der Waals surface area contributed by atoms with Gasteiger partial charge in [0.15, 0.2) is 0 Å². The van der Waals surface area contributed by atoms with Crippen LogP contribution in [-0.4, -0.2) is 4.40 Å². The minimum Gasteiger partial charge on any atom is -0.319 e. The van der Waals surface area contributed by atoms with Crippen LogP contribution in [0.1, 0.15) is 11.3 Å². The van der Waals surface area contributed by atoms with Crippen LogP contribution in [0.2, 0.25) is 5.02 Å². The monoisotopic (exact) mass is 179 g/mol. The molecular formula is C10H10ClN. The molecule has 0 aliphatic carbocycles. The molecular weight excluding hydrogens is 170 g/mol. The Kier molecular flexibility index (Phi) is 1.62. The van der Waals surface area contributed by atoms with Crippen molar-refractivity contribution in [2.75, 3.05) is 0 Å². The molecule has 0 atom stereocenters. The van der Waals surface area contributed by atoms with E-state index in [2.05, 4.69) is 11.3 Å². The molecule has 0 bridgehead atoms. The van der Waals surface area contributed by atoms with Gasteiger partial charge in [0.05, 0.1) is 10.5 Å². The molecule has 2 rings (SSSR count). The van der Waals surface area contributed by atoms with Crippen molar-refractivity contribution in [3.05, 3.63) is 40.7 Å². The lowest BCUT2D eigenvalue weighted by Gasteiger charge is -1.95. The SMILES string of the molecule is Cc1c(Cl)c2ccccn2c1C. The lowest BCUT2D eigenvalue weighted by Crippen LogP contribution is -1.84. The van der Waals surface area contributed by atoms with E-state index < -0.39 is 0 Å². The van der Waals surface area contributed by atoms with Crippen molar-refractivity contribution in [3.8, 4) is 0 Å². The molecule has 12 heavy (non-hydrogen) atoms. The summed E-state index contributed by atoms with van der Waals surface area (Å²) in [6, 6.07) is 6.04. The lowest BCUT2D eigenvalue weighted by atomic mass is 10.3. The zero-order valence-electron chi connectivity index (χ0n) is 7.13. The summed E-state index contributed by atoms with van der Waals surface area (Å²) in [7, 11) is 0. The van der Waals surface area contributed by atoms with Crippen LogP contribution in [0.3, 0.4) is 0 Å². The second-order valence-corrected chi connectivity index (χ2v) is 3.36. The Morgan fingerprint density at radius 1 is 1.25 bits per heavy atom. The number of rotatable bonds is 0. The standard InChI is InChI=1S/C10H10ClN/c1-7-8(2)12-6-4-3-5-9(12)10(7)11/h3-6H,1-2H3. The van der Waals surface area contributed by atoms with Crippen molar-refractivity contribution in [2.24, 2.45) is 0 Å². The smallest absolute Gasteiger partial charge is 0.0692 e. The average Bonchev–Trinajstić information content (AvgIpc) is 2.33. The molecule has 0 unspecified atom stereocenters. The van der Waals surface area contributed by atoms with E-state index in [1.54, 1.807) is 0 Å². The van der Waals surface area contributed by atoms with Crippen molar-refractivity contribution in [1.29, 1.82) is 0 Å². The molecule has 0 saturated heterocycles. The number of hydrogen-bond acceptors (Lipinski definition) is 0. The van der Waals surface area contributed by atoms with Gasteiger partial charge in [-0.1, -0.05) is 17.7 Å². The van der Waals surface area contributed by atoms with Crippen molar-refractivity contribution < 1.29 is 0 Å². The first-order chi connectivity index (χ1) is 5.72. The van der Waals surface area contributed by atoms with Gasteiger partial charge < -0.3 is 4.40 Å². The van der Waals surface area contributed by atoms with E-state index >= 15 is 0 Å². The highest BCUT2D eigenvalue weighted by Gasteiger charge is 2.07. The number of hydrogen-bond donors (Lipinski definition) is 0. The highest BCUT2D eigenvalue weighted by atomic mass is 35.5. The van der Waals surface area contributed by atoms with E-state index in [1.165, 1.54) is 11.3 Å². The number of aromatic nitrogens is 1. The molecule has 0 radical (unpaired) electrons. The van der Waals surface area contributed by atoms with Crippen LogP contribution in [0.15, 0.2) is 24.4 Å². The molecule has 0 aliphatic rings. The van der Waals surface area contributed by atoms with Crippen LogP contribution in [0.5, 0.6) is 0 Å². The van der Waals surface area contributed by atoms with Crippen LogP contribution >= 0.6 is 11.6 Å². The number of fused-ring (bicyclic) bond motifs is 1. The molecule has 2 heteroatoms. The van der Waals surface area contributed by atoms with Gasteiger partial charge >= 0.3 is 0 Å². The van der Waals surface area contributed by atoms with Gasteiger partial charge in [-0.05, 0) is 31.5 Å². The lowest BCUT2D eigenvalue weighted by molar-refractivity contribution is 1.09. The predicted molar refractivity (Wildman–Crippen MR) is 51.9 cm³/mol. The molecule has 0 aromatic carbocycles. The number of nitrogens with zero attached hydrogens (tertiary/aromatic N) is 1. The highest BCUT2D eigenvalue weighted by Crippen LogP contribution is 2.26. The topological polar surface area (TPSA) is 4.41 Å². The van der Waals surface area contributed by atoms with Crippen LogP contribution in [-0.2, 0) is 0 Å². The summed E-state index contributed by atoms with van der Waals surface area (Å²) in [5.74, 6) is 0. The van der Waals surface area contributed by atoms with Crippen molar-refractivity contribution in [3.63, 3.8) is 0 Å². The van der Waals surface area contributed by atoms with Gasteiger partial charge in [0.25, 0.3) is 0 Å². The maximum Gasteiger partial charge on any atom is 0.0692 e. The van der Waals surface area contributed by atoms with Gasteiger partial charge in [-0.25, -0.2) is 0 Å². The van der Waals surface area contributed by atoms with Crippen LogP contribution < -0.4 is 0 Å². The quantitative estimate of drug-likeness (QED) is 0.585. The summed E-state index contributed by atoms with van der Waals surface area (Å²) in [4.78, 5) is 0. The van der Waals surface area contributed by atoms with E-state index in [4.69, 9.17) is 11.6 Å². The summed E-state index contributed by atoms with van der Waals surface area (Å²) < 4.78 is 2.11. The fraction of sp³-hybridized carbons (Fsp3) is 0.200. The summed E-state index contributed by atoms with van der Waals surface area (Å²) in [6.07, 6.45) is 2.03. The number of aryl methyl sites for hydroxylation is 1. The fourth-order valence-corrected chi connectivity index (χ4v) is 1.74. The minimum atomic E-state index is 0.869. The van der Waals surface area contributed by atoms with Crippen molar-refractivity contribution in [1.82, 2.24) is 4.40 Å². The van der Waals surface area contributed by atoms with Crippen molar-refractivity contribution >= 4 is 17.1 Å². The highest BCUT2D eigenvalue weighted by molar-refractivity contribution is 6.34. The number of pyridine rings is 1. The molecule has 0 aliphatic heterocycles. The van der Waals surface area contributed by atoms with Gasteiger partial charge in [0.1, 0.15) is 0 Å². The van der Waals surface area contributed by atoms with Crippen LogP contribution in [0.25, 0.3) is 5.52 Å². The summed E-state index contributed by atoms with van der Waals surface area (Å²) in [5.41, 5.74) is 3.48. The van der Waals surface area contributed by atoms with Gasteiger partial charge in [0, 0.05) is 11.9 Å². The largest absolute Gasteiger partial charge is 0.319 e. The van der Waals surface area contributed by atoms with E-state index in [1.807, 2.05) is 31.3 Å². The molecule has 2 aromatic rings. The van der Waals surface area contributed by atoms with E-state index in [-0.39, 0.29) is 0 Å². The summed E-state index contributed by atoms with van der Waals surface area (Å²) >= 11 is 6.13. The summed E-state index contributed by atoms with van der Waals surface area (Å²) in [6.45, 7) is 4.12. The van der Waals surface area contributed by atoms with Gasteiger partial charge in [-0.2, -0.15) is 0 Å². The van der Waals surface area contributed by atoms with Crippen LogP contribution in [0.4, 0.5) is 0 Å². The van der Waals surface area contributed by atoms with Gasteiger partial charge in [0.2, 0.25) is 0 Å². The Bertz CT molecular complexity index is 390. The third-order valence-electron chi connectivity index (χ3n) is 2.32. The van der Waals surface area contributed by atoms with Gasteiger partial charge in [-0.15, -0.1) is 0 Å². The Labute approximate surface area is 76.6 Å². The third-order valence-corrected chi connectivity index (χ3v) is 2.80. The Morgan fingerprint density at radius 2 is 2.00 bits per heavy atom. The average molecular weight is 180 g/mol.